The number of anilines is 2. The lowest BCUT2D eigenvalue weighted by atomic mass is 10.1. The lowest BCUT2D eigenvalue weighted by molar-refractivity contribution is -0.119. The van der Waals surface area contributed by atoms with Gasteiger partial charge < -0.3 is 10.6 Å². The molecule has 2 amide bonds. The summed E-state index contributed by atoms with van der Waals surface area (Å²) >= 11 is 0. The minimum atomic E-state index is -0.363. The lowest BCUT2D eigenvalue weighted by Crippen LogP contribution is -2.36. The Morgan fingerprint density at radius 1 is 0.960 bits per heavy atom. The van der Waals surface area contributed by atoms with Gasteiger partial charge >= 0.3 is 0 Å². The van der Waals surface area contributed by atoms with Crippen molar-refractivity contribution in [2.75, 3.05) is 30.8 Å². The summed E-state index contributed by atoms with van der Waals surface area (Å²) < 4.78 is 12.8. The molecule has 0 aliphatic heterocycles. The minimum absolute atomic E-state index is 0.0532. The van der Waals surface area contributed by atoms with Crippen molar-refractivity contribution in [3.05, 3.63) is 59.4 Å². The van der Waals surface area contributed by atoms with Crippen LogP contribution in [0, 0.1) is 19.7 Å². The fourth-order valence-corrected chi connectivity index (χ4v) is 2.36. The van der Waals surface area contributed by atoms with Crippen LogP contribution in [0.15, 0.2) is 42.5 Å². The van der Waals surface area contributed by atoms with Crippen molar-refractivity contribution >= 4 is 23.2 Å². The number of aryl methyl sites for hydroxylation is 1. The third-order valence-corrected chi connectivity index (χ3v) is 3.83. The average molecular weight is 343 g/mol. The van der Waals surface area contributed by atoms with Crippen molar-refractivity contribution in [1.82, 2.24) is 4.90 Å². The molecule has 2 aromatic rings. The fourth-order valence-electron chi connectivity index (χ4n) is 2.36. The second kappa shape index (κ2) is 8.39. The standard InChI is InChI=1S/C19H22FN3O2/c1-13-5-4-6-17(14(13)2)22-19(25)12-23(3)11-18(24)21-16-9-7-15(20)8-10-16/h4-10H,11-12H2,1-3H3,(H,21,24)(H,22,25). The molecule has 2 aromatic carbocycles. The van der Waals surface area contributed by atoms with Gasteiger partial charge in [0, 0.05) is 11.4 Å². The van der Waals surface area contributed by atoms with Gasteiger partial charge in [-0.2, -0.15) is 0 Å². The largest absolute Gasteiger partial charge is 0.325 e. The predicted molar refractivity (Wildman–Crippen MR) is 97.1 cm³/mol. The number of hydrogen-bond acceptors (Lipinski definition) is 3. The van der Waals surface area contributed by atoms with Crippen LogP contribution in [-0.4, -0.2) is 36.9 Å². The topological polar surface area (TPSA) is 61.4 Å². The number of amides is 2. The molecule has 0 fully saturated rings. The van der Waals surface area contributed by atoms with Crippen LogP contribution in [0.3, 0.4) is 0 Å². The number of carbonyl (C=O) groups is 2. The Bertz CT molecular complexity index is 760. The van der Waals surface area contributed by atoms with Gasteiger partial charge in [0.05, 0.1) is 13.1 Å². The van der Waals surface area contributed by atoms with Crippen LogP contribution in [0.1, 0.15) is 11.1 Å². The molecule has 0 atom stereocenters. The van der Waals surface area contributed by atoms with Crippen molar-refractivity contribution in [3.63, 3.8) is 0 Å². The molecule has 25 heavy (non-hydrogen) atoms. The second-order valence-corrected chi connectivity index (χ2v) is 6.02. The first kappa shape index (κ1) is 18.6. The first-order valence-corrected chi connectivity index (χ1v) is 7.95. The highest BCUT2D eigenvalue weighted by molar-refractivity contribution is 5.95. The molecule has 2 rings (SSSR count). The highest BCUT2D eigenvalue weighted by atomic mass is 19.1. The van der Waals surface area contributed by atoms with E-state index < -0.39 is 0 Å². The van der Waals surface area contributed by atoms with Crippen molar-refractivity contribution in [2.45, 2.75) is 13.8 Å². The maximum atomic E-state index is 12.8. The summed E-state index contributed by atoms with van der Waals surface area (Å²) in [7, 11) is 1.69. The number of hydrogen-bond donors (Lipinski definition) is 2. The Kier molecular flexibility index (Phi) is 6.25. The SMILES string of the molecule is Cc1cccc(NC(=O)CN(C)CC(=O)Nc2ccc(F)cc2)c1C. The van der Waals surface area contributed by atoms with E-state index in [1.165, 1.54) is 24.3 Å². The first-order chi connectivity index (χ1) is 11.8. The third kappa shape index (κ3) is 5.69. The van der Waals surface area contributed by atoms with Crippen molar-refractivity contribution in [2.24, 2.45) is 0 Å². The molecule has 0 bridgehead atoms. The van der Waals surface area contributed by atoms with Gasteiger partial charge in [0.15, 0.2) is 0 Å². The van der Waals surface area contributed by atoms with E-state index in [1.807, 2.05) is 32.0 Å². The maximum Gasteiger partial charge on any atom is 0.238 e. The Morgan fingerprint density at radius 2 is 1.56 bits per heavy atom. The molecule has 5 nitrogen and oxygen atoms in total. The molecule has 0 radical (unpaired) electrons. The van der Waals surface area contributed by atoms with Gasteiger partial charge in [0.2, 0.25) is 11.8 Å². The molecule has 0 spiro atoms. The number of carbonyl (C=O) groups excluding carboxylic acids is 2. The zero-order valence-corrected chi connectivity index (χ0v) is 14.6. The number of likely N-dealkylation sites (N-methyl/N-ethyl adjacent to an activating group) is 1. The molecule has 0 heterocycles. The van der Waals surface area contributed by atoms with Crippen LogP contribution in [-0.2, 0) is 9.59 Å². The van der Waals surface area contributed by atoms with Gasteiger partial charge in [0.1, 0.15) is 5.82 Å². The molecule has 6 heteroatoms. The molecule has 2 N–H and O–H groups in total. The van der Waals surface area contributed by atoms with E-state index in [0.717, 1.165) is 16.8 Å². The summed E-state index contributed by atoms with van der Waals surface area (Å²) in [6.07, 6.45) is 0. The summed E-state index contributed by atoms with van der Waals surface area (Å²) in [5, 5.41) is 5.52. The highest BCUT2D eigenvalue weighted by Crippen LogP contribution is 2.17. The van der Waals surface area contributed by atoms with Gasteiger partial charge in [-0.05, 0) is 62.4 Å². The van der Waals surface area contributed by atoms with Gasteiger partial charge in [-0.25, -0.2) is 4.39 Å². The Hall–Kier alpha value is -2.73. The normalized spacial score (nSPS) is 10.6. The number of halogens is 1. The first-order valence-electron chi connectivity index (χ1n) is 7.95. The number of benzene rings is 2. The monoisotopic (exact) mass is 343 g/mol. The lowest BCUT2D eigenvalue weighted by Gasteiger charge is -2.17. The van der Waals surface area contributed by atoms with Gasteiger partial charge in [-0.15, -0.1) is 0 Å². The molecule has 0 aromatic heterocycles. The van der Waals surface area contributed by atoms with Crippen molar-refractivity contribution in [3.8, 4) is 0 Å². The number of nitrogens with one attached hydrogen (secondary N) is 2. The van der Waals surface area contributed by atoms with Crippen LogP contribution in [0.5, 0.6) is 0 Å². The molecule has 132 valence electrons. The molecule has 0 saturated carbocycles. The fraction of sp³-hybridized carbons (Fsp3) is 0.263. The van der Waals surface area contributed by atoms with Crippen molar-refractivity contribution in [1.29, 1.82) is 0 Å². The zero-order chi connectivity index (χ0) is 18.4. The Balaban J connectivity index is 1.83. The van der Waals surface area contributed by atoms with E-state index in [0.29, 0.717) is 5.69 Å². The van der Waals surface area contributed by atoms with Crippen LogP contribution in [0.25, 0.3) is 0 Å². The molecule has 0 unspecified atom stereocenters. The van der Waals surface area contributed by atoms with E-state index in [-0.39, 0.29) is 30.7 Å². The zero-order valence-electron chi connectivity index (χ0n) is 14.6. The molecule has 0 aliphatic rings. The van der Waals surface area contributed by atoms with Crippen molar-refractivity contribution < 1.29 is 14.0 Å². The summed E-state index contributed by atoms with van der Waals surface area (Å²) in [4.78, 5) is 25.7. The van der Waals surface area contributed by atoms with Gasteiger partial charge in [-0.1, -0.05) is 12.1 Å². The van der Waals surface area contributed by atoms with Crippen LogP contribution < -0.4 is 10.6 Å². The van der Waals surface area contributed by atoms with E-state index in [2.05, 4.69) is 10.6 Å². The molecule has 0 saturated heterocycles. The van der Waals surface area contributed by atoms with Crippen LogP contribution in [0.4, 0.5) is 15.8 Å². The Labute approximate surface area is 146 Å². The van der Waals surface area contributed by atoms with Gasteiger partial charge in [-0.3, -0.25) is 14.5 Å². The summed E-state index contributed by atoms with van der Waals surface area (Å²) in [5.74, 6) is -0.822. The second-order valence-electron chi connectivity index (χ2n) is 6.02. The molecular formula is C19H22FN3O2. The predicted octanol–water partition coefficient (Wildman–Crippen LogP) is 2.95. The summed E-state index contributed by atoms with van der Waals surface area (Å²) in [6.45, 7) is 4.07. The van der Waals surface area contributed by atoms with Crippen LogP contribution >= 0.6 is 0 Å². The summed E-state index contributed by atoms with van der Waals surface area (Å²) in [6, 6.07) is 11.2. The highest BCUT2D eigenvalue weighted by Gasteiger charge is 2.12. The minimum Gasteiger partial charge on any atom is -0.325 e. The summed E-state index contributed by atoms with van der Waals surface area (Å²) in [5.41, 5.74) is 3.41. The smallest absolute Gasteiger partial charge is 0.238 e. The molecule has 0 aliphatic carbocycles. The van der Waals surface area contributed by atoms with E-state index in [1.54, 1.807) is 11.9 Å². The van der Waals surface area contributed by atoms with Gasteiger partial charge in [0.25, 0.3) is 0 Å². The maximum absolute atomic E-state index is 12.8. The number of nitrogens with zero attached hydrogens (tertiary/aromatic N) is 1. The average Bonchev–Trinajstić information content (AvgIpc) is 2.53. The van der Waals surface area contributed by atoms with E-state index in [4.69, 9.17) is 0 Å². The van der Waals surface area contributed by atoms with E-state index >= 15 is 0 Å². The quantitative estimate of drug-likeness (QED) is 0.848. The third-order valence-electron chi connectivity index (χ3n) is 3.83. The van der Waals surface area contributed by atoms with E-state index in [9.17, 15) is 14.0 Å². The number of rotatable bonds is 6. The molecular weight excluding hydrogens is 321 g/mol. The van der Waals surface area contributed by atoms with Crippen LogP contribution in [0.2, 0.25) is 0 Å². The Morgan fingerprint density at radius 3 is 2.20 bits per heavy atom.